The monoisotopic (exact) mass is 474 g/mol. The number of hydrogen-bond donors (Lipinski definition) is 5. The summed E-state index contributed by atoms with van der Waals surface area (Å²) in [5.41, 5.74) is 0. The summed E-state index contributed by atoms with van der Waals surface area (Å²) in [6.45, 7) is 22.1. The van der Waals surface area contributed by atoms with Gasteiger partial charge in [-0.25, -0.2) is 0 Å². The Bertz CT molecular complexity index is 294. The normalized spacial score (nSPS) is 16.9. The van der Waals surface area contributed by atoms with E-state index < -0.39 is 0 Å². The van der Waals surface area contributed by atoms with Crippen molar-refractivity contribution in [2.45, 2.75) is 65.7 Å². The van der Waals surface area contributed by atoms with Crippen LogP contribution in [0.4, 0.5) is 0 Å². The van der Waals surface area contributed by atoms with Gasteiger partial charge in [0.2, 0.25) is 0 Å². The lowest BCUT2D eigenvalue weighted by Crippen LogP contribution is -2.45. The summed E-state index contributed by atoms with van der Waals surface area (Å²) in [5.74, 6) is 0. The number of piperazine rings is 1. The lowest BCUT2D eigenvalue weighted by molar-refractivity contribution is 0.153. The largest absolute Gasteiger partial charge is 0.320 e. The van der Waals surface area contributed by atoms with Crippen LogP contribution in [-0.2, 0) is 0 Å². The third kappa shape index (κ3) is 31.7. The molecule has 2 fully saturated rings. The first-order valence-electron chi connectivity index (χ1n) is 14.0. The van der Waals surface area contributed by atoms with E-state index in [4.69, 9.17) is 0 Å². The Labute approximate surface area is 208 Å². The van der Waals surface area contributed by atoms with E-state index in [0.29, 0.717) is 0 Å². The Morgan fingerprint density at radius 2 is 1.24 bits per heavy atom. The van der Waals surface area contributed by atoms with Gasteiger partial charge in [-0.15, -0.1) is 0 Å². The van der Waals surface area contributed by atoms with Gasteiger partial charge in [-0.2, -0.15) is 0 Å². The molecule has 0 aromatic rings. The Hall–Kier alpha value is -0.280. The van der Waals surface area contributed by atoms with Crippen molar-refractivity contribution in [2.75, 3.05) is 106 Å². The van der Waals surface area contributed by atoms with E-state index >= 15 is 0 Å². The van der Waals surface area contributed by atoms with Crippen molar-refractivity contribution in [1.82, 2.24) is 36.4 Å². The molecule has 5 N–H and O–H groups in total. The first kappa shape index (κ1) is 34.9. The van der Waals surface area contributed by atoms with Gasteiger partial charge in [-0.05, 0) is 92.6 Å². The summed E-state index contributed by atoms with van der Waals surface area (Å²) in [5, 5.41) is 16.1. The summed E-state index contributed by atoms with van der Waals surface area (Å²) in [7, 11) is 6.20. The highest BCUT2D eigenvalue weighted by atomic mass is 15.2. The topological polar surface area (TPSA) is 66.6 Å². The van der Waals surface area contributed by atoms with E-state index in [1.165, 1.54) is 97.3 Å². The average Bonchev–Trinajstić information content (AvgIpc) is 3.17. The number of unbranched alkanes of at least 4 members (excludes halogenated alkanes) is 3. The van der Waals surface area contributed by atoms with Crippen LogP contribution in [-0.4, -0.2) is 116 Å². The van der Waals surface area contributed by atoms with E-state index in [9.17, 15) is 0 Å². The number of likely N-dealkylation sites (N-methyl/N-ethyl adjacent to an activating group) is 1. The summed E-state index contributed by atoms with van der Waals surface area (Å²) in [4.78, 5) is 4.95. The lowest BCUT2D eigenvalue weighted by atomic mass is 10.2. The van der Waals surface area contributed by atoms with Crippen molar-refractivity contribution < 1.29 is 0 Å². The Morgan fingerprint density at radius 1 is 0.667 bits per heavy atom. The predicted molar refractivity (Wildman–Crippen MR) is 150 cm³/mol. The maximum absolute atomic E-state index is 3.28. The third-order valence-corrected chi connectivity index (χ3v) is 5.67. The molecular formula is C26H63N7. The highest BCUT2D eigenvalue weighted by Crippen LogP contribution is 1.99. The fourth-order valence-electron chi connectivity index (χ4n) is 3.35. The molecule has 202 valence electrons. The summed E-state index contributed by atoms with van der Waals surface area (Å²) in [6.07, 6.45) is 9.18. The van der Waals surface area contributed by atoms with Crippen LogP contribution in [0.3, 0.4) is 0 Å². The van der Waals surface area contributed by atoms with Gasteiger partial charge in [-0.1, -0.05) is 40.0 Å². The highest BCUT2D eigenvalue weighted by Gasteiger charge is 2.12. The standard InChI is InChI=1S/C9H21N3.C7H17N.C5H12N2.C5H13N/c1-10-4-3-5-12-8-6-11(2)7-9-12;1-3-5-6-7-8-4-2;1-2-6-4-5-7-3-1;1-3-4-5-6-2/h10H,3-9H2,1-2H3;8H,3-7H2,1-2H3;6-7H,1-5H2;6H,3-5H2,1-2H3. The van der Waals surface area contributed by atoms with Gasteiger partial charge in [0.15, 0.2) is 0 Å². The molecule has 0 bridgehead atoms. The van der Waals surface area contributed by atoms with E-state index in [-0.39, 0.29) is 0 Å². The van der Waals surface area contributed by atoms with Crippen molar-refractivity contribution >= 4 is 0 Å². The van der Waals surface area contributed by atoms with Gasteiger partial charge < -0.3 is 36.4 Å². The first-order chi connectivity index (χ1) is 16.2. The minimum atomic E-state index is 1.11. The molecule has 0 radical (unpaired) electrons. The second kappa shape index (κ2) is 31.7. The molecule has 7 heteroatoms. The molecule has 2 saturated heterocycles. The fraction of sp³-hybridized carbons (Fsp3) is 1.00. The van der Waals surface area contributed by atoms with Gasteiger partial charge >= 0.3 is 0 Å². The Balaban J connectivity index is 0. The maximum Gasteiger partial charge on any atom is 0.0110 e. The van der Waals surface area contributed by atoms with Crippen LogP contribution in [0.2, 0.25) is 0 Å². The molecule has 0 spiro atoms. The molecule has 0 aromatic carbocycles. The van der Waals surface area contributed by atoms with E-state index in [2.05, 4.69) is 64.2 Å². The smallest absolute Gasteiger partial charge is 0.0110 e. The highest BCUT2D eigenvalue weighted by molar-refractivity contribution is 4.69. The zero-order valence-electron chi connectivity index (χ0n) is 23.5. The second-order valence-electron chi connectivity index (χ2n) is 8.97. The van der Waals surface area contributed by atoms with E-state index in [0.717, 1.165) is 32.7 Å². The van der Waals surface area contributed by atoms with Crippen LogP contribution in [0.25, 0.3) is 0 Å². The molecule has 2 heterocycles. The van der Waals surface area contributed by atoms with Gasteiger partial charge in [0, 0.05) is 39.3 Å². The molecule has 7 nitrogen and oxygen atoms in total. The zero-order valence-corrected chi connectivity index (χ0v) is 23.5. The predicted octanol–water partition coefficient (Wildman–Crippen LogP) is 2.20. The molecule has 0 aromatic heterocycles. The molecular weight excluding hydrogens is 410 g/mol. The van der Waals surface area contributed by atoms with E-state index in [1.807, 2.05) is 14.1 Å². The SMILES string of the molecule is C1CNCCNC1.CCCCCNCC.CCCCNC.CNCCCN1CCN(C)CC1. The molecule has 0 amide bonds. The zero-order chi connectivity index (χ0) is 24.8. The van der Waals surface area contributed by atoms with Crippen LogP contribution in [0.1, 0.15) is 65.7 Å². The minimum absolute atomic E-state index is 1.11. The van der Waals surface area contributed by atoms with Crippen molar-refractivity contribution in [3.05, 3.63) is 0 Å². The summed E-state index contributed by atoms with van der Waals surface area (Å²) >= 11 is 0. The molecule has 2 rings (SSSR count). The van der Waals surface area contributed by atoms with Crippen molar-refractivity contribution in [3.8, 4) is 0 Å². The maximum atomic E-state index is 3.28. The molecule has 0 aliphatic carbocycles. The van der Waals surface area contributed by atoms with Crippen LogP contribution in [0.5, 0.6) is 0 Å². The second-order valence-corrected chi connectivity index (χ2v) is 8.97. The van der Waals surface area contributed by atoms with Crippen LogP contribution >= 0.6 is 0 Å². The molecule has 33 heavy (non-hydrogen) atoms. The van der Waals surface area contributed by atoms with Gasteiger partial charge in [0.05, 0.1) is 0 Å². The molecule has 0 saturated carbocycles. The number of nitrogens with zero attached hydrogens (tertiary/aromatic N) is 2. The van der Waals surface area contributed by atoms with Gasteiger partial charge in [0.25, 0.3) is 0 Å². The number of hydrogen-bond acceptors (Lipinski definition) is 7. The van der Waals surface area contributed by atoms with E-state index in [1.54, 1.807) is 0 Å². The van der Waals surface area contributed by atoms with Crippen molar-refractivity contribution in [1.29, 1.82) is 0 Å². The minimum Gasteiger partial charge on any atom is -0.320 e. The fourth-order valence-corrected chi connectivity index (χ4v) is 3.35. The van der Waals surface area contributed by atoms with Crippen LogP contribution in [0, 0.1) is 0 Å². The Kier molecular flexibility index (Phi) is 33.5. The van der Waals surface area contributed by atoms with Crippen LogP contribution in [0.15, 0.2) is 0 Å². The lowest BCUT2D eigenvalue weighted by Gasteiger charge is -2.32. The molecule has 2 aliphatic heterocycles. The number of rotatable bonds is 12. The van der Waals surface area contributed by atoms with Crippen molar-refractivity contribution in [2.24, 2.45) is 0 Å². The van der Waals surface area contributed by atoms with Gasteiger partial charge in [-0.3, -0.25) is 0 Å². The Morgan fingerprint density at radius 3 is 1.73 bits per heavy atom. The van der Waals surface area contributed by atoms with Crippen LogP contribution < -0.4 is 26.6 Å². The first-order valence-corrected chi connectivity index (χ1v) is 14.0. The average molecular weight is 474 g/mol. The van der Waals surface area contributed by atoms with Gasteiger partial charge in [0.1, 0.15) is 0 Å². The summed E-state index contributed by atoms with van der Waals surface area (Å²) < 4.78 is 0. The molecule has 0 unspecified atom stereocenters. The van der Waals surface area contributed by atoms with Crippen molar-refractivity contribution in [3.63, 3.8) is 0 Å². The third-order valence-electron chi connectivity index (χ3n) is 5.67. The number of nitrogens with one attached hydrogen (secondary N) is 5. The summed E-state index contributed by atoms with van der Waals surface area (Å²) in [6, 6.07) is 0. The quantitative estimate of drug-likeness (QED) is 0.279. The molecule has 0 atom stereocenters. The molecule has 2 aliphatic rings.